The predicted molar refractivity (Wildman–Crippen MR) is 129 cm³/mol. The summed E-state index contributed by atoms with van der Waals surface area (Å²) in [5, 5.41) is 4.09. The lowest BCUT2D eigenvalue weighted by molar-refractivity contribution is -0.113. The van der Waals surface area contributed by atoms with Gasteiger partial charge in [0.15, 0.2) is 5.16 Å². The number of halogens is 2. The molecule has 3 aromatic carbocycles. The number of amides is 1. The van der Waals surface area contributed by atoms with Crippen molar-refractivity contribution in [2.45, 2.75) is 11.7 Å². The maximum absolute atomic E-state index is 13.3. The first-order chi connectivity index (χ1) is 15.9. The molecule has 4 rings (SSSR count). The van der Waals surface area contributed by atoms with Crippen molar-refractivity contribution in [2.75, 3.05) is 18.2 Å². The van der Waals surface area contributed by atoms with Crippen molar-refractivity contribution in [1.82, 2.24) is 9.55 Å². The van der Waals surface area contributed by atoms with Gasteiger partial charge >= 0.3 is 0 Å². The number of hydrogen-bond donors (Lipinski definition) is 1. The van der Waals surface area contributed by atoms with Gasteiger partial charge in [0.25, 0.3) is 5.56 Å². The van der Waals surface area contributed by atoms with Gasteiger partial charge in [0, 0.05) is 5.02 Å². The van der Waals surface area contributed by atoms with E-state index in [9.17, 15) is 14.0 Å². The summed E-state index contributed by atoms with van der Waals surface area (Å²) in [6.07, 6.45) is 0. The highest BCUT2D eigenvalue weighted by atomic mass is 35.5. The molecule has 0 saturated heterocycles. The second kappa shape index (κ2) is 10.1. The van der Waals surface area contributed by atoms with E-state index in [-0.39, 0.29) is 29.6 Å². The first kappa shape index (κ1) is 22.8. The van der Waals surface area contributed by atoms with E-state index in [2.05, 4.69) is 10.3 Å². The lowest BCUT2D eigenvalue weighted by Crippen LogP contribution is -2.25. The number of thioether (sulfide) groups is 1. The summed E-state index contributed by atoms with van der Waals surface area (Å²) in [5.74, 6) is -0.180. The number of carbonyl (C=O) groups is 1. The Bertz CT molecular complexity index is 1380. The second-order valence-electron chi connectivity index (χ2n) is 7.11. The molecule has 1 heterocycles. The fourth-order valence-electron chi connectivity index (χ4n) is 3.26. The number of anilines is 1. The van der Waals surface area contributed by atoms with Crippen LogP contribution >= 0.6 is 23.4 Å². The van der Waals surface area contributed by atoms with Gasteiger partial charge < -0.3 is 10.1 Å². The molecular weight excluding hydrogens is 465 g/mol. The van der Waals surface area contributed by atoms with Crippen LogP contribution in [0.3, 0.4) is 0 Å². The number of nitrogens with one attached hydrogen (secondary N) is 1. The summed E-state index contributed by atoms with van der Waals surface area (Å²) in [6, 6.07) is 17.9. The molecule has 0 spiro atoms. The van der Waals surface area contributed by atoms with Gasteiger partial charge in [-0.05, 0) is 48.0 Å². The predicted octanol–water partition coefficient (Wildman–Crippen LogP) is 4.98. The van der Waals surface area contributed by atoms with E-state index in [0.717, 1.165) is 17.3 Å². The van der Waals surface area contributed by atoms with Crippen LogP contribution < -0.4 is 15.6 Å². The minimum atomic E-state index is -0.356. The van der Waals surface area contributed by atoms with Gasteiger partial charge in [-0.3, -0.25) is 14.2 Å². The van der Waals surface area contributed by atoms with Gasteiger partial charge in [-0.25, -0.2) is 9.37 Å². The maximum Gasteiger partial charge on any atom is 0.262 e. The van der Waals surface area contributed by atoms with Gasteiger partial charge in [0.2, 0.25) is 5.91 Å². The van der Waals surface area contributed by atoms with E-state index >= 15 is 0 Å². The standard InChI is InChI=1S/C24H19ClFN3O3S/c1-32-21-11-8-16(25)12-20(21)27-22(30)14-33-24-28-19-5-3-2-4-18(19)23(31)29(24)13-15-6-9-17(26)10-7-15/h2-12H,13-14H2,1H3,(H,27,30). The van der Waals surface area contributed by atoms with Crippen LogP contribution in [0.2, 0.25) is 5.02 Å². The van der Waals surface area contributed by atoms with Gasteiger partial charge in [-0.2, -0.15) is 0 Å². The highest BCUT2D eigenvalue weighted by molar-refractivity contribution is 7.99. The van der Waals surface area contributed by atoms with Crippen molar-refractivity contribution < 1.29 is 13.9 Å². The van der Waals surface area contributed by atoms with E-state index in [0.29, 0.717) is 32.5 Å². The Morgan fingerprint density at radius 3 is 2.67 bits per heavy atom. The zero-order valence-electron chi connectivity index (χ0n) is 17.5. The third-order valence-corrected chi connectivity index (χ3v) is 6.06. The van der Waals surface area contributed by atoms with Gasteiger partial charge in [-0.1, -0.05) is 47.6 Å². The molecule has 0 saturated carbocycles. The largest absolute Gasteiger partial charge is 0.495 e. The van der Waals surface area contributed by atoms with Crippen LogP contribution in [0.4, 0.5) is 10.1 Å². The monoisotopic (exact) mass is 483 g/mol. The zero-order valence-corrected chi connectivity index (χ0v) is 19.1. The first-order valence-corrected chi connectivity index (χ1v) is 11.3. The lowest BCUT2D eigenvalue weighted by atomic mass is 10.2. The molecule has 0 unspecified atom stereocenters. The minimum absolute atomic E-state index is 0.00384. The van der Waals surface area contributed by atoms with Crippen LogP contribution in [0.25, 0.3) is 10.9 Å². The van der Waals surface area contributed by atoms with Crippen molar-refractivity contribution >= 4 is 45.9 Å². The average molecular weight is 484 g/mol. The number of methoxy groups -OCH3 is 1. The molecule has 0 atom stereocenters. The first-order valence-electron chi connectivity index (χ1n) is 9.95. The number of benzene rings is 3. The van der Waals surface area contributed by atoms with Crippen LogP contribution in [0.5, 0.6) is 5.75 Å². The number of nitrogens with zero attached hydrogens (tertiary/aromatic N) is 2. The van der Waals surface area contributed by atoms with E-state index in [1.165, 1.54) is 23.8 Å². The Balaban J connectivity index is 1.61. The van der Waals surface area contributed by atoms with E-state index in [1.807, 2.05) is 0 Å². The molecule has 0 radical (unpaired) electrons. The SMILES string of the molecule is COc1ccc(Cl)cc1NC(=O)CSc1nc2ccccc2c(=O)n1Cc1ccc(F)cc1. The lowest BCUT2D eigenvalue weighted by Gasteiger charge is -2.14. The Hall–Kier alpha value is -3.36. The molecule has 0 aliphatic heterocycles. The quantitative estimate of drug-likeness (QED) is 0.296. The molecule has 4 aromatic rings. The Morgan fingerprint density at radius 2 is 1.91 bits per heavy atom. The van der Waals surface area contributed by atoms with Crippen molar-refractivity contribution in [3.8, 4) is 5.75 Å². The Labute approximate surface area is 198 Å². The van der Waals surface area contributed by atoms with Gasteiger partial charge in [0.1, 0.15) is 11.6 Å². The number of aromatic nitrogens is 2. The number of carbonyl (C=O) groups excluding carboxylic acids is 1. The topological polar surface area (TPSA) is 73.2 Å². The number of para-hydroxylation sites is 1. The number of fused-ring (bicyclic) bond motifs is 1. The summed E-state index contributed by atoms with van der Waals surface area (Å²) in [7, 11) is 1.50. The third-order valence-electron chi connectivity index (χ3n) is 4.85. The number of hydrogen-bond acceptors (Lipinski definition) is 5. The number of ether oxygens (including phenoxy) is 1. The second-order valence-corrected chi connectivity index (χ2v) is 8.49. The highest BCUT2D eigenvalue weighted by Gasteiger charge is 2.15. The number of rotatable bonds is 7. The summed E-state index contributed by atoms with van der Waals surface area (Å²) >= 11 is 7.16. The Morgan fingerprint density at radius 1 is 1.15 bits per heavy atom. The molecule has 9 heteroatoms. The van der Waals surface area contributed by atoms with Crippen LogP contribution in [0.15, 0.2) is 76.7 Å². The molecule has 0 bridgehead atoms. The van der Waals surface area contributed by atoms with E-state index < -0.39 is 0 Å². The molecule has 1 amide bonds. The zero-order chi connectivity index (χ0) is 23.4. The molecule has 0 aliphatic carbocycles. The normalized spacial score (nSPS) is 10.9. The van der Waals surface area contributed by atoms with Crippen LogP contribution in [-0.4, -0.2) is 28.3 Å². The molecule has 1 N–H and O–H groups in total. The third kappa shape index (κ3) is 5.35. The molecule has 6 nitrogen and oxygen atoms in total. The molecule has 0 fully saturated rings. The summed E-state index contributed by atoms with van der Waals surface area (Å²) in [4.78, 5) is 30.4. The molecular formula is C24H19ClFN3O3S. The van der Waals surface area contributed by atoms with Gasteiger partial charge in [-0.15, -0.1) is 0 Å². The fraction of sp³-hybridized carbons (Fsp3) is 0.125. The van der Waals surface area contributed by atoms with Crippen molar-refractivity contribution in [2.24, 2.45) is 0 Å². The van der Waals surface area contributed by atoms with E-state index in [4.69, 9.17) is 16.3 Å². The summed E-state index contributed by atoms with van der Waals surface area (Å²) in [5.41, 5.74) is 1.50. The molecule has 168 valence electrons. The Kier molecular flexibility index (Phi) is 6.96. The van der Waals surface area contributed by atoms with Crippen LogP contribution in [-0.2, 0) is 11.3 Å². The van der Waals surface area contributed by atoms with E-state index in [1.54, 1.807) is 54.6 Å². The average Bonchev–Trinajstić information content (AvgIpc) is 2.81. The van der Waals surface area contributed by atoms with Crippen molar-refractivity contribution in [3.05, 3.63) is 93.5 Å². The summed E-state index contributed by atoms with van der Waals surface area (Å²) in [6.45, 7) is 0.197. The maximum atomic E-state index is 13.3. The smallest absolute Gasteiger partial charge is 0.262 e. The molecule has 33 heavy (non-hydrogen) atoms. The molecule has 0 aliphatic rings. The van der Waals surface area contributed by atoms with Gasteiger partial charge in [0.05, 0.1) is 36.0 Å². The van der Waals surface area contributed by atoms with Crippen LogP contribution in [0.1, 0.15) is 5.56 Å². The molecule has 1 aromatic heterocycles. The summed E-state index contributed by atoms with van der Waals surface area (Å²) < 4.78 is 20.1. The minimum Gasteiger partial charge on any atom is -0.495 e. The fourth-order valence-corrected chi connectivity index (χ4v) is 4.23. The van der Waals surface area contributed by atoms with Crippen molar-refractivity contribution in [3.63, 3.8) is 0 Å². The van der Waals surface area contributed by atoms with Crippen molar-refractivity contribution in [1.29, 1.82) is 0 Å². The van der Waals surface area contributed by atoms with Crippen LogP contribution in [0, 0.1) is 5.82 Å². The highest BCUT2D eigenvalue weighted by Crippen LogP contribution is 2.28.